The summed E-state index contributed by atoms with van der Waals surface area (Å²) >= 11 is 0. The SMILES string of the molecule is Cc1cccc(C(C)c2ccc(C)c(C(=O)O)c2O)c1C. The molecular weight excluding hydrogens is 264 g/mol. The standard InChI is InChI=1S/C18H20O3/c1-10-6-5-7-14(12(10)3)13(4)15-9-8-11(2)16(17(15)19)18(20)21/h5-9,13,19H,1-4H3,(H,20,21). The van der Waals surface area contributed by atoms with Crippen LogP contribution < -0.4 is 0 Å². The van der Waals surface area contributed by atoms with Gasteiger partial charge in [0.1, 0.15) is 11.3 Å². The molecule has 0 heterocycles. The molecule has 0 aliphatic rings. The van der Waals surface area contributed by atoms with E-state index in [-0.39, 0.29) is 17.2 Å². The van der Waals surface area contributed by atoms with Crippen molar-refractivity contribution in [3.63, 3.8) is 0 Å². The summed E-state index contributed by atoms with van der Waals surface area (Å²) in [4.78, 5) is 11.3. The molecule has 0 aliphatic carbocycles. The molecule has 1 atom stereocenters. The lowest BCUT2D eigenvalue weighted by atomic mass is 9.86. The molecule has 0 radical (unpaired) electrons. The van der Waals surface area contributed by atoms with Crippen molar-refractivity contribution in [2.75, 3.05) is 0 Å². The van der Waals surface area contributed by atoms with Gasteiger partial charge >= 0.3 is 5.97 Å². The van der Waals surface area contributed by atoms with E-state index >= 15 is 0 Å². The summed E-state index contributed by atoms with van der Waals surface area (Å²) in [6.45, 7) is 7.76. The van der Waals surface area contributed by atoms with Crippen molar-refractivity contribution in [3.05, 3.63) is 63.7 Å². The molecule has 0 aromatic heterocycles. The van der Waals surface area contributed by atoms with Gasteiger partial charge in [-0.15, -0.1) is 0 Å². The molecule has 3 nitrogen and oxygen atoms in total. The van der Waals surface area contributed by atoms with Gasteiger partial charge < -0.3 is 10.2 Å². The lowest BCUT2D eigenvalue weighted by Crippen LogP contribution is -2.06. The maximum Gasteiger partial charge on any atom is 0.339 e. The van der Waals surface area contributed by atoms with E-state index in [1.807, 2.05) is 45.0 Å². The number of aromatic hydroxyl groups is 1. The lowest BCUT2D eigenvalue weighted by Gasteiger charge is -2.19. The number of carboxylic acid groups (broad SMARTS) is 1. The first-order valence-corrected chi connectivity index (χ1v) is 6.96. The van der Waals surface area contributed by atoms with Crippen LogP contribution in [0.3, 0.4) is 0 Å². The Hall–Kier alpha value is -2.29. The van der Waals surface area contributed by atoms with Crippen molar-refractivity contribution in [2.24, 2.45) is 0 Å². The van der Waals surface area contributed by atoms with Crippen molar-refractivity contribution in [1.82, 2.24) is 0 Å². The maximum atomic E-state index is 11.3. The number of hydrogen-bond donors (Lipinski definition) is 2. The molecule has 2 N–H and O–H groups in total. The van der Waals surface area contributed by atoms with Gasteiger partial charge in [0, 0.05) is 11.5 Å². The van der Waals surface area contributed by atoms with Crippen LogP contribution in [-0.2, 0) is 0 Å². The van der Waals surface area contributed by atoms with Crippen molar-refractivity contribution < 1.29 is 15.0 Å². The summed E-state index contributed by atoms with van der Waals surface area (Å²) < 4.78 is 0. The van der Waals surface area contributed by atoms with Crippen LogP contribution >= 0.6 is 0 Å². The van der Waals surface area contributed by atoms with Crippen LogP contribution in [0.15, 0.2) is 30.3 Å². The van der Waals surface area contributed by atoms with E-state index in [2.05, 4.69) is 0 Å². The smallest absolute Gasteiger partial charge is 0.339 e. The highest BCUT2D eigenvalue weighted by Gasteiger charge is 2.21. The predicted octanol–water partition coefficient (Wildman–Crippen LogP) is 4.17. The van der Waals surface area contributed by atoms with Crippen LogP contribution in [-0.4, -0.2) is 16.2 Å². The Morgan fingerprint density at radius 3 is 2.29 bits per heavy atom. The Morgan fingerprint density at radius 2 is 1.67 bits per heavy atom. The molecule has 0 saturated carbocycles. The molecule has 2 rings (SSSR count). The van der Waals surface area contributed by atoms with Gasteiger partial charge in [0.05, 0.1) is 0 Å². The fourth-order valence-corrected chi connectivity index (χ4v) is 2.74. The minimum absolute atomic E-state index is 0.00958. The molecule has 0 spiro atoms. The topological polar surface area (TPSA) is 57.5 Å². The average molecular weight is 284 g/mol. The molecule has 2 aromatic rings. The van der Waals surface area contributed by atoms with Gasteiger partial charge in [0.25, 0.3) is 0 Å². The third-order valence-corrected chi connectivity index (χ3v) is 4.21. The fraction of sp³-hybridized carbons (Fsp3) is 0.278. The van der Waals surface area contributed by atoms with Crippen molar-refractivity contribution in [1.29, 1.82) is 0 Å². The van der Waals surface area contributed by atoms with Crippen LogP contribution in [0.1, 0.15) is 51.0 Å². The number of rotatable bonds is 3. The van der Waals surface area contributed by atoms with Crippen LogP contribution in [0.5, 0.6) is 5.75 Å². The first-order chi connectivity index (χ1) is 9.84. The Morgan fingerprint density at radius 1 is 1.00 bits per heavy atom. The van der Waals surface area contributed by atoms with Crippen molar-refractivity contribution in [3.8, 4) is 5.75 Å². The lowest BCUT2D eigenvalue weighted by molar-refractivity contribution is 0.0692. The van der Waals surface area contributed by atoms with E-state index < -0.39 is 5.97 Å². The minimum Gasteiger partial charge on any atom is -0.507 e. The molecular formula is C18H20O3. The summed E-state index contributed by atoms with van der Waals surface area (Å²) in [5.41, 5.74) is 4.66. The molecule has 0 saturated heterocycles. The second kappa shape index (κ2) is 5.60. The van der Waals surface area contributed by atoms with Crippen molar-refractivity contribution >= 4 is 5.97 Å². The van der Waals surface area contributed by atoms with Gasteiger partial charge in [-0.25, -0.2) is 4.79 Å². The Balaban J connectivity index is 2.59. The number of aromatic carboxylic acids is 1. The maximum absolute atomic E-state index is 11.3. The number of benzene rings is 2. The second-order valence-corrected chi connectivity index (χ2v) is 5.51. The summed E-state index contributed by atoms with van der Waals surface area (Å²) in [5.74, 6) is -1.29. The largest absolute Gasteiger partial charge is 0.507 e. The van der Waals surface area contributed by atoms with Gasteiger partial charge in [0.15, 0.2) is 0 Å². The molecule has 21 heavy (non-hydrogen) atoms. The van der Waals surface area contributed by atoms with Crippen LogP contribution in [0.2, 0.25) is 0 Å². The third-order valence-electron chi connectivity index (χ3n) is 4.21. The van der Waals surface area contributed by atoms with E-state index in [9.17, 15) is 15.0 Å². The molecule has 3 heteroatoms. The Kier molecular flexibility index (Phi) is 4.03. The predicted molar refractivity (Wildman–Crippen MR) is 83.2 cm³/mol. The number of carbonyl (C=O) groups is 1. The molecule has 2 aromatic carbocycles. The monoisotopic (exact) mass is 284 g/mol. The Bertz CT molecular complexity index is 702. The van der Waals surface area contributed by atoms with Gasteiger partial charge in [-0.2, -0.15) is 0 Å². The second-order valence-electron chi connectivity index (χ2n) is 5.51. The highest BCUT2D eigenvalue weighted by molar-refractivity contribution is 5.93. The highest BCUT2D eigenvalue weighted by Crippen LogP contribution is 2.36. The minimum atomic E-state index is -1.10. The summed E-state index contributed by atoms with van der Waals surface area (Å²) in [6.07, 6.45) is 0. The fourth-order valence-electron chi connectivity index (χ4n) is 2.74. The van der Waals surface area contributed by atoms with Crippen LogP contribution in [0.4, 0.5) is 0 Å². The van der Waals surface area contributed by atoms with E-state index in [4.69, 9.17) is 0 Å². The first kappa shape index (κ1) is 15.1. The normalized spacial score (nSPS) is 12.2. The van der Waals surface area contributed by atoms with Gasteiger partial charge in [0.2, 0.25) is 0 Å². The molecule has 0 amide bonds. The summed E-state index contributed by atoms with van der Waals surface area (Å²) in [7, 11) is 0. The summed E-state index contributed by atoms with van der Waals surface area (Å²) in [5, 5.41) is 19.6. The van der Waals surface area contributed by atoms with E-state index in [0.29, 0.717) is 11.1 Å². The van der Waals surface area contributed by atoms with Crippen LogP contribution in [0.25, 0.3) is 0 Å². The molecule has 0 fully saturated rings. The molecule has 1 unspecified atom stereocenters. The quantitative estimate of drug-likeness (QED) is 0.889. The Labute approximate surface area is 124 Å². The zero-order valence-corrected chi connectivity index (χ0v) is 12.8. The molecule has 110 valence electrons. The van der Waals surface area contributed by atoms with Crippen LogP contribution in [0, 0.1) is 20.8 Å². The number of aryl methyl sites for hydroxylation is 2. The van der Waals surface area contributed by atoms with Gasteiger partial charge in [-0.3, -0.25) is 0 Å². The number of phenols is 1. The zero-order chi connectivity index (χ0) is 15.7. The van der Waals surface area contributed by atoms with Crippen molar-refractivity contribution in [2.45, 2.75) is 33.6 Å². The zero-order valence-electron chi connectivity index (χ0n) is 12.8. The van der Waals surface area contributed by atoms with E-state index in [1.54, 1.807) is 13.0 Å². The average Bonchev–Trinajstić information content (AvgIpc) is 2.41. The van der Waals surface area contributed by atoms with E-state index in [1.165, 1.54) is 11.1 Å². The summed E-state index contributed by atoms with van der Waals surface area (Å²) in [6, 6.07) is 9.61. The third kappa shape index (κ3) is 2.64. The first-order valence-electron chi connectivity index (χ1n) is 6.96. The van der Waals surface area contributed by atoms with E-state index in [0.717, 1.165) is 5.56 Å². The molecule has 0 aliphatic heterocycles. The number of hydrogen-bond acceptors (Lipinski definition) is 2. The number of carboxylic acids is 1. The molecule has 0 bridgehead atoms. The highest BCUT2D eigenvalue weighted by atomic mass is 16.4. The van der Waals surface area contributed by atoms with Gasteiger partial charge in [-0.05, 0) is 43.0 Å². The van der Waals surface area contributed by atoms with Gasteiger partial charge in [-0.1, -0.05) is 37.3 Å².